The maximum atomic E-state index is 13.3. The van der Waals surface area contributed by atoms with E-state index in [0.717, 1.165) is 0 Å². The van der Waals surface area contributed by atoms with E-state index in [2.05, 4.69) is 10.1 Å². The summed E-state index contributed by atoms with van der Waals surface area (Å²) in [4.78, 5) is 30.3. The van der Waals surface area contributed by atoms with Crippen molar-refractivity contribution < 1.29 is 37.8 Å². The molecule has 2 aliphatic heterocycles. The zero-order valence-electron chi connectivity index (χ0n) is 19.4. The number of rotatable bonds is 6. The van der Waals surface area contributed by atoms with Crippen LogP contribution < -0.4 is 0 Å². The van der Waals surface area contributed by atoms with Crippen LogP contribution in [0.3, 0.4) is 0 Å². The molecule has 0 N–H and O–H groups in total. The number of hydrogen-bond donors (Lipinski definition) is 0. The van der Waals surface area contributed by atoms with Gasteiger partial charge in [0.25, 0.3) is 0 Å². The van der Waals surface area contributed by atoms with E-state index in [-0.39, 0.29) is 18.3 Å². The molecule has 0 radical (unpaired) electrons. The van der Waals surface area contributed by atoms with E-state index in [9.17, 15) is 9.59 Å². The Morgan fingerprint density at radius 1 is 0.943 bits per heavy atom. The van der Waals surface area contributed by atoms with Gasteiger partial charge >= 0.3 is 11.9 Å². The third-order valence-electron chi connectivity index (χ3n) is 5.78. The first-order chi connectivity index (χ1) is 16.8. The van der Waals surface area contributed by atoms with E-state index in [4.69, 9.17) is 28.2 Å². The molecular formula is C25H24N2O8. The summed E-state index contributed by atoms with van der Waals surface area (Å²) in [6, 6.07) is 17.0. The summed E-state index contributed by atoms with van der Waals surface area (Å²) in [7, 11) is 0. The number of benzene rings is 2. The van der Waals surface area contributed by atoms with Crippen molar-refractivity contribution in [2.24, 2.45) is 0 Å². The summed E-state index contributed by atoms with van der Waals surface area (Å²) in [5.74, 6) is -2.00. The average molecular weight is 480 g/mol. The van der Waals surface area contributed by atoms with Crippen LogP contribution >= 0.6 is 0 Å². The summed E-state index contributed by atoms with van der Waals surface area (Å²) < 4.78 is 35.0. The van der Waals surface area contributed by atoms with Gasteiger partial charge in [-0.15, -0.1) is 0 Å². The molecule has 3 heterocycles. The molecule has 2 fully saturated rings. The molecule has 5 rings (SSSR count). The molecule has 0 bridgehead atoms. The van der Waals surface area contributed by atoms with Crippen LogP contribution in [0.15, 0.2) is 65.2 Å². The minimum atomic E-state index is -1.72. The minimum absolute atomic E-state index is 0.0221. The van der Waals surface area contributed by atoms with Gasteiger partial charge in [-0.25, -0.2) is 9.59 Å². The van der Waals surface area contributed by atoms with Gasteiger partial charge in [-0.1, -0.05) is 41.6 Å². The molecule has 0 spiro atoms. The standard InChI is InChI=1S/C25H24N2O8/c1-15-26-23(27-35-15)25(33-21(29)17-12-8-5-9-13-17)18(31-22-19(25)32-24(2,3)34-22)14-30-20(28)16-10-6-4-7-11-16/h4-13,18-19,22H,14H2,1-3H3/t18-,19+,22-,25+/m1/s1. The highest BCUT2D eigenvalue weighted by molar-refractivity contribution is 5.90. The Hall–Kier alpha value is -3.60. The third kappa shape index (κ3) is 4.31. The number of ether oxygens (including phenoxy) is 5. The maximum absolute atomic E-state index is 13.3. The normalized spacial score (nSPS) is 26.8. The molecule has 182 valence electrons. The summed E-state index contributed by atoms with van der Waals surface area (Å²) in [6.45, 7) is 4.75. The van der Waals surface area contributed by atoms with Crippen LogP contribution in [0.5, 0.6) is 0 Å². The van der Waals surface area contributed by atoms with Crippen LogP contribution in [-0.2, 0) is 29.3 Å². The fourth-order valence-electron chi connectivity index (χ4n) is 4.22. The Bertz CT molecular complexity index is 1210. The number of aryl methyl sites for hydroxylation is 1. The van der Waals surface area contributed by atoms with E-state index >= 15 is 0 Å². The zero-order valence-corrected chi connectivity index (χ0v) is 19.4. The van der Waals surface area contributed by atoms with Gasteiger partial charge in [-0.05, 0) is 38.1 Å². The third-order valence-corrected chi connectivity index (χ3v) is 5.78. The molecule has 4 atom stereocenters. The van der Waals surface area contributed by atoms with Crippen LogP contribution in [-0.4, -0.2) is 53.0 Å². The lowest BCUT2D eigenvalue weighted by molar-refractivity contribution is -0.236. The molecule has 2 saturated heterocycles. The largest absolute Gasteiger partial charge is 0.459 e. The molecule has 0 amide bonds. The summed E-state index contributed by atoms with van der Waals surface area (Å²) >= 11 is 0. The fraction of sp³-hybridized carbons (Fsp3) is 0.360. The molecule has 10 heteroatoms. The molecule has 2 aromatic carbocycles. The van der Waals surface area contributed by atoms with Gasteiger partial charge in [0.05, 0.1) is 11.1 Å². The number of carbonyl (C=O) groups is 2. The lowest BCUT2D eigenvalue weighted by atomic mass is 9.91. The Labute approximate surface area is 201 Å². The Kier molecular flexibility index (Phi) is 5.87. The minimum Gasteiger partial charge on any atom is -0.459 e. The molecule has 0 saturated carbocycles. The predicted octanol–water partition coefficient (Wildman–Crippen LogP) is 3.16. The predicted molar refractivity (Wildman–Crippen MR) is 118 cm³/mol. The number of esters is 2. The number of carbonyl (C=O) groups excluding carboxylic acids is 2. The molecule has 10 nitrogen and oxygen atoms in total. The molecule has 0 unspecified atom stereocenters. The van der Waals surface area contributed by atoms with Gasteiger partial charge in [-0.2, -0.15) is 4.98 Å². The van der Waals surface area contributed by atoms with Crippen molar-refractivity contribution in [2.75, 3.05) is 6.61 Å². The topological polar surface area (TPSA) is 119 Å². The van der Waals surface area contributed by atoms with Crippen LogP contribution in [0.25, 0.3) is 0 Å². The second-order valence-electron chi connectivity index (χ2n) is 8.70. The van der Waals surface area contributed by atoms with Crippen LogP contribution in [0, 0.1) is 6.92 Å². The van der Waals surface area contributed by atoms with Crippen LogP contribution in [0.2, 0.25) is 0 Å². The first kappa shape index (κ1) is 23.2. The maximum Gasteiger partial charge on any atom is 0.339 e. The highest BCUT2D eigenvalue weighted by Gasteiger charge is 2.69. The van der Waals surface area contributed by atoms with Crippen molar-refractivity contribution in [3.63, 3.8) is 0 Å². The monoisotopic (exact) mass is 480 g/mol. The Morgan fingerprint density at radius 3 is 2.17 bits per heavy atom. The fourth-order valence-corrected chi connectivity index (χ4v) is 4.22. The van der Waals surface area contributed by atoms with Gasteiger partial charge in [0, 0.05) is 6.92 Å². The van der Waals surface area contributed by atoms with E-state index in [1.54, 1.807) is 81.4 Å². The highest BCUT2D eigenvalue weighted by atomic mass is 16.8. The van der Waals surface area contributed by atoms with Gasteiger partial charge < -0.3 is 28.2 Å². The molecule has 1 aromatic heterocycles. The number of aromatic nitrogens is 2. The van der Waals surface area contributed by atoms with E-state index in [0.29, 0.717) is 11.1 Å². The Morgan fingerprint density at radius 2 is 1.57 bits per heavy atom. The first-order valence-electron chi connectivity index (χ1n) is 11.1. The van der Waals surface area contributed by atoms with Crippen molar-refractivity contribution >= 4 is 11.9 Å². The number of nitrogens with zero attached hydrogens (tertiary/aromatic N) is 2. The second kappa shape index (κ2) is 8.88. The molecule has 2 aliphatic rings. The van der Waals surface area contributed by atoms with Crippen molar-refractivity contribution in [2.45, 2.75) is 50.7 Å². The van der Waals surface area contributed by atoms with Crippen molar-refractivity contribution in [3.05, 3.63) is 83.5 Å². The lowest BCUT2D eigenvalue weighted by Gasteiger charge is -2.34. The van der Waals surface area contributed by atoms with Crippen molar-refractivity contribution in [1.29, 1.82) is 0 Å². The van der Waals surface area contributed by atoms with Gasteiger partial charge in [-0.3, -0.25) is 0 Å². The molecule has 3 aromatic rings. The summed E-state index contributed by atoms with van der Waals surface area (Å²) in [5, 5.41) is 4.04. The zero-order chi connectivity index (χ0) is 24.6. The average Bonchev–Trinajstić information content (AvgIpc) is 3.50. The van der Waals surface area contributed by atoms with E-state index < -0.39 is 41.8 Å². The summed E-state index contributed by atoms with van der Waals surface area (Å²) in [6.07, 6.45) is -2.94. The quantitative estimate of drug-likeness (QED) is 0.487. The number of hydrogen-bond acceptors (Lipinski definition) is 10. The highest BCUT2D eigenvalue weighted by Crippen LogP contribution is 2.50. The van der Waals surface area contributed by atoms with Crippen LogP contribution in [0.1, 0.15) is 46.3 Å². The van der Waals surface area contributed by atoms with Crippen molar-refractivity contribution in [3.8, 4) is 0 Å². The second-order valence-corrected chi connectivity index (χ2v) is 8.70. The smallest absolute Gasteiger partial charge is 0.339 e. The van der Waals surface area contributed by atoms with Gasteiger partial charge in [0.15, 0.2) is 18.2 Å². The SMILES string of the molecule is Cc1nc([C@]2(OC(=O)c3ccccc3)[C@@H](COC(=O)c3ccccc3)O[C@@H]3OC(C)(C)O[C@@H]32)no1. The Balaban J connectivity index is 1.52. The van der Waals surface area contributed by atoms with E-state index in [1.165, 1.54) is 0 Å². The van der Waals surface area contributed by atoms with Gasteiger partial charge in [0.2, 0.25) is 17.3 Å². The van der Waals surface area contributed by atoms with Gasteiger partial charge in [0.1, 0.15) is 12.7 Å². The first-order valence-corrected chi connectivity index (χ1v) is 11.1. The lowest BCUT2D eigenvalue weighted by Crippen LogP contribution is -2.52. The molecule has 35 heavy (non-hydrogen) atoms. The number of fused-ring (bicyclic) bond motifs is 1. The van der Waals surface area contributed by atoms with Crippen LogP contribution in [0.4, 0.5) is 0 Å². The van der Waals surface area contributed by atoms with Crippen molar-refractivity contribution in [1.82, 2.24) is 10.1 Å². The summed E-state index contributed by atoms with van der Waals surface area (Å²) in [5.41, 5.74) is -1.06. The molecular weight excluding hydrogens is 456 g/mol. The van der Waals surface area contributed by atoms with E-state index in [1.807, 2.05) is 0 Å². The molecule has 0 aliphatic carbocycles.